The van der Waals surface area contributed by atoms with Crippen molar-refractivity contribution < 1.29 is 0 Å². The molecule has 0 spiro atoms. The summed E-state index contributed by atoms with van der Waals surface area (Å²) in [6.45, 7) is 4.78. The van der Waals surface area contributed by atoms with Crippen molar-refractivity contribution in [1.29, 1.82) is 0 Å². The van der Waals surface area contributed by atoms with Gasteiger partial charge in [0.05, 0.1) is 0 Å². The highest BCUT2D eigenvalue weighted by Gasteiger charge is 2.39. The predicted molar refractivity (Wildman–Crippen MR) is 181 cm³/mol. The van der Waals surface area contributed by atoms with Gasteiger partial charge in [0.2, 0.25) is 0 Å². The van der Waals surface area contributed by atoms with Gasteiger partial charge in [-0.05, 0) is 36.1 Å². The fraction of sp³-hybridized carbons (Fsp3) is 0.475. The maximum atomic E-state index is 5.07. The summed E-state index contributed by atoms with van der Waals surface area (Å²) in [7, 11) is 0. The van der Waals surface area contributed by atoms with Crippen LogP contribution in [-0.2, 0) is 11.8 Å². The molecule has 1 heterocycles. The van der Waals surface area contributed by atoms with E-state index in [1.807, 2.05) is 6.20 Å². The molecule has 0 aliphatic heterocycles. The van der Waals surface area contributed by atoms with Crippen LogP contribution >= 0.6 is 0 Å². The minimum absolute atomic E-state index is 0.0857. The third-order valence-electron chi connectivity index (χ3n) is 9.23. The molecule has 2 atom stereocenters. The molecule has 0 N–H and O–H groups in total. The zero-order valence-electron chi connectivity index (χ0n) is 26.4. The van der Waals surface area contributed by atoms with Gasteiger partial charge in [-0.25, -0.2) is 4.98 Å². The fourth-order valence-corrected chi connectivity index (χ4v) is 6.74. The molecule has 2 unspecified atom stereocenters. The lowest BCUT2D eigenvalue weighted by Gasteiger charge is -2.39. The molecule has 4 aromatic rings. The third kappa shape index (κ3) is 9.45. The van der Waals surface area contributed by atoms with E-state index in [0.717, 1.165) is 12.8 Å². The summed E-state index contributed by atoms with van der Waals surface area (Å²) < 4.78 is 2.33. The number of benzene rings is 3. The zero-order valence-corrected chi connectivity index (χ0v) is 26.4. The van der Waals surface area contributed by atoms with E-state index in [4.69, 9.17) is 4.98 Å². The molecule has 3 aromatic carbocycles. The van der Waals surface area contributed by atoms with Crippen LogP contribution in [0.5, 0.6) is 0 Å². The number of nitrogens with zero attached hydrogens (tertiary/aromatic N) is 2. The van der Waals surface area contributed by atoms with E-state index in [9.17, 15) is 0 Å². The molecule has 0 bridgehead atoms. The lowest BCUT2D eigenvalue weighted by Crippen LogP contribution is -2.35. The third-order valence-corrected chi connectivity index (χ3v) is 9.23. The van der Waals surface area contributed by atoms with Crippen LogP contribution in [0.4, 0.5) is 0 Å². The second kappa shape index (κ2) is 17.7. The number of hydrogen-bond donors (Lipinski definition) is 0. The topological polar surface area (TPSA) is 17.8 Å². The Morgan fingerprint density at radius 3 is 1.69 bits per heavy atom. The van der Waals surface area contributed by atoms with Gasteiger partial charge in [-0.2, -0.15) is 0 Å². The quantitative estimate of drug-likeness (QED) is 0.0979. The van der Waals surface area contributed by atoms with Crippen LogP contribution < -0.4 is 0 Å². The number of imidazole rings is 1. The predicted octanol–water partition coefficient (Wildman–Crippen LogP) is 11.6. The van der Waals surface area contributed by atoms with Gasteiger partial charge in [0.15, 0.2) is 0 Å². The maximum Gasteiger partial charge on any atom is 0.117 e. The smallest absolute Gasteiger partial charge is 0.117 e. The highest BCUT2D eigenvalue weighted by Crippen LogP contribution is 2.44. The van der Waals surface area contributed by atoms with Crippen LogP contribution in [-0.4, -0.2) is 9.55 Å². The van der Waals surface area contributed by atoms with E-state index in [1.165, 1.54) is 106 Å². The van der Waals surface area contributed by atoms with E-state index in [-0.39, 0.29) is 5.41 Å². The van der Waals surface area contributed by atoms with Gasteiger partial charge in [0.25, 0.3) is 0 Å². The number of para-hydroxylation sites is 1. The summed E-state index contributed by atoms with van der Waals surface area (Å²) in [5.41, 5.74) is 3.89. The number of hydrogen-bond acceptors (Lipinski definition) is 1. The Morgan fingerprint density at radius 1 is 0.619 bits per heavy atom. The van der Waals surface area contributed by atoms with Crippen molar-refractivity contribution in [3.05, 3.63) is 120 Å². The second-order valence-electron chi connectivity index (χ2n) is 12.5. The average Bonchev–Trinajstić information content (AvgIpc) is 3.52. The van der Waals surface area contributed by atoms with Crippen LogP contribution in [0.1, 0.15) is 127 Å². The van der Waals surface area contributed by atoms with Crippen molar-refractivity contribution in [1.82, 2.24) is 9.55 Å². The normalized spacial score (nSPS) is 13.6. The van der Waals surface area contributed by atoms with Crippen molar-refractivity contribution in [2.75, 3.05) is 0 Å². The first kappa shape index (κ1) is 31.8. The van der Waals surface area contributed by atoms with Gasteiger partial charge < -0.3 is 4.57 Å². The number of rotatable bonds is 20. The van der Waals surface area contributed by atoms with Gasteiger partial charge in [0.1, 0.15) is 5.82 Å². The fourth-order valence-electron chi connectivity index (χ4n) is 6.74. The molecule has 4 rings (SSSR count). The van der Waals surface area contributed by atoms with Crippen molar-refractivity contribution in [2.24, 2.45) is 0 Å². The molecule has 0 aliphatic carbocycles. The SMILES string of the molecule is CCCCCCCCCCCCCCCC(c1nccn1-c1ccccc1)C(C)(Cc1ccccc1)c1ccccc1. The first-order chi connectivity index (χ1) is 20.7. The van der Waals surface area contributed by atoms with E-state index >= 15 is 0 Å². The minimum Gasteiger partial charge on any atom is -0.304 e. The first-order valence-corrected chi connectivity index (χ1v) is 16.9. The molecular formula is C40H54N2. The van der Waals surface area contributed by atoms with Crippen LogP contribution in [0.2, 0.25) is 0 Å². The zero-order chi connectivity index (χ0) is 29.3. The lowest BCUT2D eigenvalue weighted by molar-refractivity contribution is 0.328. The molecule has 0 radical (unpaired) electrons. The van der Waals surface area contributed by atoms with Crippen molar-refractivity contribution in [3.8, 4) is 5.69 Å². The van der Waals surface area contributed by atoms with Crippen molar-refractivity contribution >= 4 is 0 Å². The Morgan fingerprint density at radius 2 is 1.12 bits per heavy atom. The number of aromatic nitrogens is 2. The lowest BCUT2D eigenvalue weighted by atomic mass is 9.66. The van der Waals surface area contributed by atoms with Crippen LogP contribution in [0, 0.1) is 0 Å². The summed E-state index contributed by atoms with van der Waals surface area (Å²) in [6, 6.07) is 33.0. The Kier molecular flexibility index (Phi) is 13.4. The molecule has 0 aliphatic rings. The molecule has 1 aromatic heterocycles. The first-order valence-electron chi connectivity index (χ1n) is 16.9. The van der Waals surface area contributed by atoms with Gasteiger partial charge >= 0.3 is 0 Å². The molecule has 2 nitrogen and oxygen atoms in total. The Hall–Kier alpha value is -3.13. The van der Waals surface area contributed by atoms with Crippen LogP contribution in [0.25, 0.3) is 5.69 Å². The monoisotopic (exact) mass is 562 g/mol. The van der Waals surface area contributed by atoms with Crippen molar-refractivity contribution in [3.63, 3.8) is 0 Å². The average molecular weight is 563 g/mol. The van der Waals surface area contributed by atoms with Crippen LogP contribution in [0.3, 0.4) is 0 Å². The Labute approximate surface area is 256 Å². The Bertz CT molecular complexity index is 1230. The summed E-state index contributed by atoms with van der Waals surface area (Å²) in [4.78, 5) is 5.07. The summed E-state index contributed by atoms with van der Waals surface area (Å²) in [5.74, 6) is 1.48. The van der Waals surface area contributed by atoms with Gasteiger partial charge in [-0.1, -0.05) is 176 Å². The molecule has 2 heteroatoms. The van der Waals surface area contributed by atoms with Crippen LogP contribution in [0.15, 0.2) is 103 Å². The molecule has 224 valence electrons. The standard InChI is InChI=1S/C40H54N2/c1-3-4-5-6-7-8-9-10-11-12-13-14-24-31-38(39-41-32-33-42(39)37-29-22-17-23-30-37)40(2,36-27-20-16-21-28-36)34-35-25-18-15-19-26-35/h15-23,25-30,32-33,38H,3-14,24,31,34H2,1-2H3. The van der Waals surface area contributed by atoms with E-state index in [2.05, 4.69) is 116 Å². The molecule has 0 fully saturated rings. The second-order valence-corrected chi connectivity index (χ2v) is 12.5. The van der Waals surface area contributed by atoms with Crippen molar-refractivity contribution in [2.45, 2.75) is 121 Å². The molecule has 42 heavy (non-hydrogen) atoms. The highest BCUT2D eigenvalue weighted by molar-refractivity contribution is 5.37. The van der Waals surface area contributed by atoms with Gasteiger partial charge in [-0.15, -0.1) is 0 Å². The summed E-state index contributed by atoms with van der Waals surface area (Å²) >= 11 is 0. The van der Waals surface area contributed by atoms with Gasteiger partial charge in [0, 0.05) is 29.4 Å². The highest BCUT2D eigenvalue weighted by atomic mass is 15.1. The van der Waals surface area contributed by atoms with E-state index in [1.54, 1.807) is 0 Å². The summed E-state index contributed by atoms with van der Waals surface area (Å²) in [5, 5.41) is 0. The molecular weight excluding hydrogens is 508 g/mol. The minimum atomic E-state index is -0.0857. The molecule has 0 saturated heterocycles. The summed E-state index contributed by atoms with van der Waals surface area (Å²) in [6.07, 6.45) is 24.2. The largest absolute Gasteiger partial charge is 0.304 e. The molecule has 0 amide bonds. The Balaban J connectivity index is 1.44. The van der Waals surface area contributed by atoms with E-state index in [0.29, 0.717) is 5.92 Å². The molecule has 0 saturated carbocycles. The maximum absolute atomic E-state index is 5.07. The van der Waals surface area contributed by atoms with Gasteiger partial charge in [-0.3, -0.25) is 0 Å². The van der Waals surface area contributed by atoms with E-state index < -0.39 is 0 Å². The number of unbranched alkanes of at least 4 members (excludes halogenated alkanes) is 12.